The molecule has 2 aromatic carbocycles. The van der Waals surface area contributed by atoms with Gasteiger partial charge in [0.15, 0.2) is 0 Å². The van der Waals surface area contributed by atoms with Crippen LogP contribution in [-0.2, 0) is 21.4 Å². The van der Waals surface area contributed by atoms with Gasteiger partial charge in [-0.25, -0.2) is 18.4 Å². The van der Waals surface area contributed by atoms with Crippen LogP contribution in [0.1, 0.15) is 15.9 Å². The number of rotatable bonds is 4. The van der Waals surface area contributed by atoms with Gasteiger partial charge >= 0.3 is 5.97 Å². The van der Waals surface area contributed by atoms with Gasteiger partial charge in [0.05, 0.1) is 15.5 Å². The number of ether oxygens (including phenoxy) is 1. The van der Waals surface area contributed by atoms with Gasteiger partial charge in [-0.15, -0.1) is 0 Å². The number of nitrogens with two attached hydrogens (primary N) is 1. The first-order valence-electron chi connectivity index (χ1n) is 5.91. The summed E-state index contributed by atoms with van der Waals surface area (Å²) in [5, 5.41) is 5.12. The molecule has 2 N–H and O–H groups in total. The third-order valence-corrected chi connectivity index (χ3v) is 3.94. The lowest BCUT2D eigenvalue weighted by atomic mass is 10.2. The Balaban J connectivity index is 2.19. The first-order chi connectivity index (χ1) is 9.88. The Labute approximate surface area is 127 Å². The van der Waals surface area contributed by atoms with Gasteiger partial charge in [0, 0.05) is 0 Å². The summed E-state index contributed by atoms with van der Waals surface area (Å²) < 4.78 is 27.7. The van der Waals surface area contributed by atoms with Gasteiger partial charge in [0.2, 0.25) is 10.0 Å². The van der Waals surface area contributed by atoms with Crippen LogP contribution in [0.25, 0.3) is 0 Å². The first kappa shape index (κ1) is 15.5. The molecular weight excluding hydrogens is 314 g/mol. The maximum absolute atomic E-state index is 12.0. The largest absolute Gasteiger partial charge is 0.457 e. The molecule has 2 aromatic rings. The molecule has 0 aliphatic heterocycles. The van der Waals surface area contributed by atoms with Gasteiger partial charge in [0.1, 0.15) is 6.61 Å². The summed E-state index contributed by atoms with van der Waals surface area (Å²) in [6.45, 7) is 0.0651. The highest BCUT2D eigenvalue weighted by Crippen LogP contribution is 2.21. The minimum Gasteiger partial charge on any atom is -0.457 e. The Morgan fingerprint density at radius 2 is 1.81 bits per heavy atom. The number of carbonyl (C=O) groups excluding carboxylic acids is 1. The second-order valence-electron chi connectivity index (χ2n) is 4.25. The molecule has 110 valence electrons. The van der Waals surface area contributed by atoms with Gasteiger partial charge in [-0.05, 0) is 23.8 Å². The van der Waals surface area contributed by atoms with Crippen molar-refractivity contribution in [3.8, 4) is 0 Å². The van der Waals surface area contributed by atoms with Gasteiger partial charge < -0.3 is 4.74 Å². The Morgan fingerprint density at radius 3 is 2.43 bits per heavy atom. The number of benzene rings is 2. The molecule has 0 unspecified atom stereocenters. The van der Waals surface area contributed by atoms with Gasteiger partial charge in [-0.1, -0.05) is 41.9 Å². The molecule has 0 aliphatic rings. The topological polar surface area (TPSA) is 86.5 Å². The number of carbonyl (C=O) groups is 1. The Hall–Kier alpha value is -1.89. The maximum atomic E-state index is 12.0. The van der Waals surface area contributed by atoms with Crippen LogP contribution in [-0.4, -0.2) is 14.4 Å². The summed E-state index contributed by atoms with van der Waals surface area (Å²) in [4.78, 5) is 11.8. The molecule has 2 rings (SSSR count). The molecule has 0 saturated heterocycles. The smallest absolute Gasteiger partial charge is 0.340 e. The molecule has 7 heteroatoms. The first-order valence-corrected chi connectivity index (χ1v) is 7.84. The number of sulfonamides is 1. The molecule has 0 radical (unpaired) electrons. The number of halogens is 1. The van der Waals surface area contributed by atoms with E-state index < -0.39 is 16.0 Å². The van der Waals surface area contributed by atoms with Gasteiger partial charge in [-0.2, -0.15) is 0 Å². The zero-order valence-electron chi connectivity index (χ0n) is 10.8. The van der Waals surface area contributed by atoms with E-state index in [-0.39, 0.29) is 22.1 Å². The summed E-state index contributed by atoms with van der Waals surface area (Å²) in [6, 6.07) is 12.7. The van der Waals surface area contributed by atoms with Crippen LogP contribution >= 0.6 is 11.6 Å². The van der Waals surface area contributed by atoms with E-state index in [1.54, 1.807) is 12.1 Å². The van der Waals surface area contributed by atoms with E-state index in [2.05, 4.69) is 0 Å². The van der Waals surface area contributed by atoms with Crippen LogP contribution < -0.4 is 5.14 Å². The lowest BCUT2D eigenvalue weighted by molar-refractivity contribution is 0.0472. The summed E-state index contributed by atoms with van der Waals surface area (Å²) in [7, 11) is -3.91. The van der Waals surface area contributed by atoms with E-state index in [1.807, 2.05) is 18.2 Å². The predicted octanol–water partition coefficient (Wildman–Crippen LogP) is 2.34. The van der Waals surface area contributed by atoms with Crippen LogP contribution in [0.4, 0.5) is 0 Å². The van der Waals surface area contributed by atoms with Crippen molar-refractivity contribution >= 4 is 27.6 Å². The Morgan fingerprint density at radius 1 is 1.14 bits per heavy atom. The third kappa shape index (κ3) is 4.04. The molecule has 0 aromatic heterocycles. The van der Waals surface area contributed by atoms with Crippen LogP contribution in [0.2, 0.25) is 5.02 Å². The van der Waals surface area contributed by atoms with E-state index >= 15 is 0 Å². The summed E-state index contributed by atoms with van der Waals surface area (Å²) in [5.74, 6) is -0.714. The van der Waals surface area contributed by atoms with Crippen molar-refractivity contribution in [2.24, 2.45) is 5.14 Å². The summed E-state index contributed by atoms with van der Waals surface area (Å²) in [5.41, 5.74) is 0.767. The van der Waals surface area contributed by atoms with Crippen molar-refractivity contribution in [3.63, 3.8) is 0 Å². The molecule has 0 heterocycles. The molecule has 0 bridgehead atoms. The van der Waals surface area contributed by atoms with E-state index in [0.29, 0.717) is 0 Å². The quantitative estimate of drug-likeness (QED) is 0.874. The molecule has 0 atom stereocenters. The lowest BCUT2D eigenvalue weighted by Crippen LogP contribution is -2.14. The fourth-order valence-corrected chi connectivity index (χ4v) is 2.37. The van der Waals surface area contributed by atoms with Crippen LogP contribution in [0.15, 0.2) is 53.4 Å². The highest BCUT2D eigenvalue weighted by molar-refractivity contribution is 7.89. The average Bonchev–Trinajstić information content (AvgIpc) is 2.45. The molecule has 21 heavy (non-hydrogen) atoms. The monoisotopic (exact) mass is 325 g/mol. The van der Waals surface area contributed by atoms with Crippen LogP contribution in [0.5, 0.6) is 0 Å². The summed E-state index contributed by atoms with van der Waals surface area (Å²) in [6.07, 6.45) is 0. The minimum atomic E-state index is -3.91. The fraction of sp³-hybridized carbons (Fsp3) is 0.0714. The molecular formula is C14H12ClNO4S. The zero-order valence-corrected chi connectivity index (χ0v) is 12.4. The average molecular weight is 326 g/mol. The highest BCUT2D eigenvalue weighted by Gasteiger charge is 2.17. The second-order valence-corrected chi connectivity index (χ2v) is 6.22. The normalized spacial score (nSPS) is 11.1. The number of hydrogen-bond acceptors (Lipinski definition) is 4. The van der Waals surface area contributed by atoms with Crippen molar-refractivity contribution < 1.29 is 17.9 Å². The van der Waals surface area contributed by atoms with Crippen molar-refractivity contribution in [1.29, 1.82) is 0 Å². The Bertz CT molecular complexity index is 760. The standard InChI is InChI=1S/C14H12ClNO4S/c15-13-7-6-11(21(16,18)19)8-12(13)14(17)20-9-10-4-2-1-3-5-10/h1-8H,9H2,(H2,16,18,19). The van der Waals surface area contributed by atoms with Crippen molar-refractivity contribution in [2.75, 3.05) is 0 Å². The van der Waals surface area contributed by atoms with E-state index in [4.69, 9.17) is 21.5 Å². The fourth-order valence-electron chi connectivity index (χ4n) is 1.64. The number of hydrogen-bond donors (Lipinski definition) is 1. The number of primary sulfonamides is 1. The van der Waals surface area contributed by atoms with Gasteiger partial charge in [-0.3, -0.25) is 0 Å². The summed E-state index contributed by atoms with van der Waals surface area (Å²) >= 11 is 5.89. The highest BCUT2D eigenvalue weighted by atomic mass is 35.5. The van der Waals surface area contributed by atoms with Crippen molar-refractivity contribution in [3.05, 3.63) is 64.7 Å². The molecule has 5 nitrogen and oxygen atoms in total. The molecule has 0 saturated carbocycles. The molecule has 0 spiro atoms. The Kier molecular flexibility index (Phi) is 4.62. The molecule has 0 fully saturated rings. The third-order valence-electron chi connectivity index (χ3n) is 2.70. The van der Waals surface area contributed by atoms with Crippen LogP contribution in [0, 0.1) is 0 Å². The van der Waals surface area contributed by atoms with E-state index in [9.17, 15) is 13.2 Å². The van der Waals surface area contributed by atoms with Gasteiger partial charge in [0.25, 0.3) is 0 Å². The van der Waals surface area contributed by atoms with E-state index in [1.165, 1.54) is 12.1 Å². The minimum absolute atomic E-state index is 0.0425. The van der Waals surface area contributed by atoms with Crippen molar-refractivity contribution in [2.45, 2.75) is 11.5 Å². The number of esters is 1. The molecule has 0 amide bonds. The van der Waals surface area contributed by atoms with Crippen LogP contribution in [0.3, 0.4) is 0 Å². The lowest BCUT2D eigenvalue weighted by Gasteiger charge is -2.07. The maximum Gasteiger partial charge on any atom is 0.340 e. The van der Waals surface area contributed by atoms with E-state index in [0.717, 1.165) is 11.6 Å². The second kappa shape index (κ2) is 6.26. The van der Waals surface area contributed by atoms with Crippen molar-refractivity contribution in [1.82, 2.24) is 0 Å². The molecule has 0 aliphatic carbocycles. The zero-order chi connectivity index (χ0) is 15.5. The predicted molar refractivity (Wildman–Crippen MR) is 78.4 cm³/mol. The SMILES string of the molecule is NS(=O)(=O)c1ccc(Cl)c(C(=O)OCc2ccccc2)c1.